The predicted octanol–water partition coefficient (Wildman–Crippen LogP) is -1.13. The van der Waals surface area contributed by atoms with Crippen LogP contribution in [0.4, 0.5) is 0 Å². The minimum atomic E-state index is -0.443. The van der Waals surface area contributed by atoms with Gasteiger partial charge in [-0.05, 0) is 6.92 Å². The third-order valence-electron chi connectivity index (χ3n) is 3.72. The van der Waals surface area contributed by atoms with Crippen molar-refractivity contribution in [2.75, 3.05) is 13.6 Å². The second-order valence-electron chi connectivity index (χ2n) is 5.51. The van der Waals surface area contributed by atoms with Crippen LogP contribution in [0, 0.1) is 0 Å². The summed E-state index contributed by atoms with van der Waals surface area (Å²) in [6.07, 6.45) is 1.33. The van der Waals surface area contributed by atoms with Gasteiger partial charge in [-0.3, -0.25) is 23.5 Å². The molecule has 0 aliphatic rings. The van der Waals surface area contributed by atoms with Gasteiger partial charge < -0.3 is 9.47 Å². The second-order valence-corrected chi connectivity index (χ2v) is 5.51. The first-order valence-electron chi connectivity index (χ1n) is 7.08. The molecule has 124 valence electrons. The number of carbonyl (C=O) groups is 2. The van der Waals surface area contributed by atoms with E-state index in [1.807, 2.05) is 0 Å². The van der Waals surface area contributed by atoms with Gasteiger partial charge in [0.25, 0.3) is 5.56 Å². The zero-order valence-corrected chi connectivity index (χ0v) is 13.6. The fourth-order valence-corrected chi connectivity index (χ4v) is 2.30. The number of fused-ring (bicyclic) bond motifs is 1. The second kappa shape index (κ2) is 6.19. The molecule has 2 aromatic rings. The van der Waals surface area contributed by atoms with Gasteiger partial charge in [0, 0.05) is 34.2 Å². The molecule has 2 heterocycles. The average molecular weight is 321 g/mol. The van der Waals surface area contributed by atoms with Gasteiger partial charge in [0.15, 0.2) is 11.2 Å². The lowest BCUT2D eigenvalue weighted by Gasteiger charge is -2.17. The van der Waals surface area contributed by atoms with E-state index < -0.39 is 11.2 Å². The van der Waals surface area contributed by atoms with Crippen molar-refractivity contribution in [3.63, 3.8) is 0 Å². The summed E-state index contributed by atoms with van der Waals surface area (Å²) >= 11 is 0. The number of hydrogen-bond donors (Lipinski definition) is 0. The number of amides is 1. The minimum Gasteiger partial charge on any atom is -0.344 e. The zero-order chi connectivity index (χ0) is 17.3. The van der Waals surface area contributed by atoms with E-state index in [9.17, 15) is 19.2 Å². The van der Waals surface area contributed by atoms with E-state index in [-0.39, 0.29) is 18.1 Å². The Labute approximate surface area is 131 Å². The number of nitrogens with zero attached hydrogens (tertiary/aromatic N) is 5. The number of likely N-dealkylation sites (N-methyl/N-ethyl adjacent to an activating group) is 1. The van der Waals surface area contributed by atoms with E-state index in [2.05, 4.69) is 4.98 Å². The van der Waals surface area contributed by atoms with Crippen LogP contribution < -0.4 is 11.2 Å². The number of ketones is 1. The van der Waals surface area contributed by atoms with Crippen LogP contribution in [0.1, 0.15) is 13.3 Å². The molecule has 0 aliphatic heterocycles. The Bertz CT molecular complexity index is 889. The molecule has 23 heavy (non-hydrogen) atoms. The van der Waals surface area contributed by atoms with Crippen LogP contribution in [0.3, 0.4) is 0 Å². The molecule has 1 amide bonds. The van der Waals surface area contributed by atoms with Gasteiger partial charge >= 0.3 is 5.69 Å². The third-order valence-corrected chi connectivity index (χ3v) is 3.72. The van der Waals surface area contributed by atoms with Crippen molar-refractivity contribution in [1.82, 2.24) is 23.6 Å². The highest BCUT2D eigenvalue weighted by Gasteiger charge is 2.16. The molecule has 0 aliphatic carbocycles. The third kappa shape index (κ3) is 3.08. The van der Waals surface area contributed by atoms with Crippen LogP contribution in [0.5, 0.6) is 0 Å². The smallest absolute Gasteiger partial charge is 0.332 e. The Hall–Kier alpha value is -2.71. The standard InChI is InChI=1S/C14H19N5O4/c1-9(20)7-10(21)16(2)5-6-19-8-15-12-11(19)13(22)18(4)14(23)17(12)3/h8H,5-7H2,1-4H3. The van der Waals surface area contributed by atoms with Crippen molar-refractivity contribution in [3.8, 4) is 0 Å². The first-order valence-corrected chi connectivity index (χ1v) is 7.08. The van der Waals surface area contributed by atoms with E-state index in [1.165, 1.54) is 29.8 Å². The fourth-order valence-electron chi connectivity index (χ4n) is 2.30. The van der Waals surface area contributed by atoms with Crippen molar-refractivity contribution in [2.45, 2.75) is 19.9 Å². The Morgan fingerprint density at radius 1 is 1.22 bits per heavy atom. The number of imidazole rings is 1. The van der Waals surface area contributed by atoms with Gasteiger partial charge in [-0.15, -0.1) is 0 Å². The van der Waals surface area contributed by atoms with E-state index in [0.29, 0.717) is 24.3 Å². The van der Waals surface area contributed by atoms with E-state index in [0.717, 1.165) is 4.57 Å². The lowest BCUT2D eigenvalue weighted by molar-refractivity contribution is -0.133. The quantitative estimate of drug-likeness (QED) is 0.649. The van der Waals surface area contributed by atoms with Crippen LogP contribution in [-0.4, -0.2) is 48.9 Å². The van der Waals surface area contributed by atoms with Gasteiger partial charge in [-0.2, -0.15) is 0 Å². The Kier molecular flexibility index (Phi) is 4.48. The van der Waals surface area contributed by atoms with Crippen molar-refractivity contribution in [2.24, 2.45) is 14.1 Å². The summed E-state index contributed by atoms with van der Waals surface area (Å²) in [4.78, 5) is 52.4. The lowest BCUT2D eigenvalue weighted by Crippen LogP contribution is -2.38. The fraction of sp³-hybridized carbons (Fsp3) is 0.500. The number of carbonyl (C=O) groups excluding carboxylic acids is 2. The highest BCUT2D eigenvalue weighted by molar-refractivity contribution is 5.96. The Balaban J connectivity index is 2.29. The average Bonchev–Trinajstić information content (AvgIpc) is 2.91. The topological polar surface area (TPSA) is 99.2 Å². The number of aryl methyl sites for hydroxylation is 1. The molecule has 0 unspecified atom stereocenters. The number of aromatic nitrogens is 4. The van der Waals surface area contributed by atoms with Gasteiger partial charge in [0.05, 0.1) is 12.7 Å². The van der Waals surface area contributed by atoms with Crippen molar-refractivity contribution >= 4 is 22.9 Å². The van der Waals surface area contributed by atoms with Crippen molar-refractivity contribution in [1.29, 1.82) is 0 Å². The summed E-state index contributed by atoms with van der Waals surface area (Å²) < 4.78 is 3.93. The van der Waals surface area contributed by atoms with Gasteiger partial charge in [0.1, 0.15) is 5.78 Å². The molecule has 0 spiro atoms. The monoisotopic (exact) mass is 321 g/mol. The van der Waals surface area contributed by atoms with Gasteiger partial charge in [-0.1, -0.05) is 0 Å². The molecule has 9 heteroatoms. The SMILES string of the molecule is CC(=O)CC(=O)N(C)CCn1cnc2c1c(=O)n(C)c(=O)n2C. The summed E-state index contributed by atoms with van der Waals surface area (Å²) in [7, 11) is 4.55. The summed E-state index contributed by atoms with van der Waals surface area (Å²) in [5.74, 6) is -0.471. The van der Waals surface area contributed by atoms with Crippen molar-refractivity contribution < 1.29 is 9.59 Å². The van der Waals surface area contributed by atoms with Gasteiger partial charge in [-0.25, -0.2) is 9.78 Å². The predicted molar refractivity (Wildman–Crippen MR) is 83.2 cm³/mol. The van der Waals surface area contributed by atoms with Gasteiger partial charge in [0.2, 0.25) is 5.91 Å². The highest BCUT2D eigenvalue weighted by Crippen LogP contribution is 2.05. The molecule has 0 atom stereocenters. The van der Waals surface area contributed by atoms with E-state index in [1.54, 1.807) is 18.7 Å². The number of hydrogen-bond acceptors (Lipinski definition) is 5. The zero-order valence-electron chi connectivity index (χ0n) is 13.6. The highest BCUT2D eigenvalue weighted by atomic mass is 16.2. The number of rotatable bonds is 5. The maximum absolute atomic E-state index is 12.3. The maximum atomic E-state index is 12.3. The van der Waals surface area contributed by atoms with Crippen LogP contribution in [0.2, 0.25) is 0 Å². The first-order chi connectivity index (χ1) is 10.7. The molecule has 0 saturated heterocycles. The molecular formula is C14H19N5O4. The molecule has 0 saturated carbocycles. The Morgan fingerprint density at radius 2 is 1.87 bits per heavy atom. The first kappa shape index (κ1) is 16.7. The van der Waals surface area contributed by atoms with Crippen LogP contribution in [-0.2, 0) is 30.2 Å². The summed E-state index contributed by atoms with van der Waals surface area (Å²) in [6, 6.07) is 0. The summed E-state index contributed by atoms with van der Waals surface area (Å²) in [6.45, 7) is 2.02. The number of Topliss-reactive ketones (excluding diaryl/α,β-unsaturated/α-hetero) is 1. The minimum absolute atomic E-state index is 0.141. The normalized spacial score (nSPS) is 11.0. The van der Waals surface area contributed by atoms with Crippen LogP contribution in [0.15, 0.2) is 15.9 Å². The molecule has 9 nitrogen and oxygen atoms in total. The summed E-state index contributed by atoms with van der Waals surface area (Å²) in [5, 5.41) is 0. The molecule has 0 N–H and O–H groups in total. The van der Waals surface area contributed by atoms with E-state index in [4.69, 9.17) is 0 Å². The molecule has 2 rings (SSSR count). The molecule has 2 aromatic heterocycles. The molecule has 0 radical (unpaired) electrons. The largest absolute Gasteiger partial charge is 0.344 e. The molecular weight excluding hydrogens is 302 g/mol. The van der Waals surface area contributed by atoms with Crippen LogP contribution >= 0.6 is 0 Å². The lowest BCUT2D eigenvalue weighted by atomic mass is 10.3. The van der Waals surface area contributed by atoms with Crippen LogP contribution in [0.25, 0.3) is 11.2 Å². The van der Waals surface area contributed by atoms with E-state index >= 15 is 0 Å². The van der Waals surface area contributed by atoms with Crippen molar-refractivity contribution in [3.05, 3.63) is 27.2 Å². The Morgan fingerprint density at radius 3 is 2.48 bits per heavy atom. The maximum Gasteiger partial charge on any atom is 0.332 e. The molecule has 0 aromatic carbocycles. The summed E-state index contributed by atoms with van der Waals surface area (Å²) in [5.41, 5.74) is -0.266. The molecule has 0 fully saturated rings. The molecule has 0 bridgehead atoms.